The van der Waals surface area contributed by atoms with Crippen LogP contribution in [0.3, 0.4) is 0 Å². The van der Waals surface area contributed by atoms with Crippen LogP contribution < -0.4 is 14.8 Å². The minimum absolute atomic E-state index is 0.189. The molecule has 6 heteroatoms. The molecule has 3 aromatic rings. The summed E-state index contributed by atoms with van der Waals surface area (Å²) >= 11 is 0. The van der Waals surface area contributed by atoms with Gasteiger partial charge in [-0.05, 0) is 36.2 Å². The Morgan fingerprint density at radius 3 is 2.48 bits per heavy atom. The molecule has 1 aliphatic rings. The molecular weight excluding hydrogens is 342 g/mol. The van der Waals surface area contributed by atoms with E-state index in [1.54, 1.807) is 12.3 Å². The summed E-state index contributed by atoms with van der Waals surface area (Å²) in [7, 11) is 0. The van der Waals surface area contributed by atoms with Crippen molar-refractivity contribution in [3.63, 3.8) is 0 Å². The largest absolute Gasteiger partial charge is 0.482 e. The van der Waals surface area contributed by atoms with E-state index < -0.39 is 6.10 Å². The summed E-state index contributed by atoms with van der Waals surface area (Å²) in [5.74, 6) is 1.07. The molecule has 4 rings (SSSR count). The van der Waals surface area contributed by atoms with Gasteiger partial charge in [-0.25, -0.2) is 0 Å². The topological polar surface area (TPSA) is 65.4 Å². The maximum Gasteiger partial charge on any atom is 0.265 e. The van der Waals surface area contributed by atoms with E-state index in [9.17, 15) is 4.79 Å². The number of rotatable bonds is 5. The average molecular weight is 363 g/mol. The van der Waals surface area contributed by atoms with Crippen molar-refractivity contribution in [1.29, 1.82) is 0 Å². The number of carbonyl (C=O) groups is 1. The summed E-state index contributed by atoms with van der Waals surface area (Å²) in [5, 5.41) is 7.22. The number of nitrogens with one attached hydrogen (secondary N) is 1. The standard InChI is InChI=1S/C21H21N3O3/c1-15-20(27-19-10-5-4-9-18(19)26-15)21(25)22-13-16-7-2-3-8-17(16)14-24-12-6-11-23-24/h2-12,15,20H,13-14H2,1H3,(H,22,25)/t15-,20-/m1/s1. The molecule has 0 aliphatic carbocycles. The van der Waals surface area contributed by atoms with E-state index in [0.29, 0.717) is 24.6 Å². The quantitative estimate of drug-likeness (QED) is 0.757. The SMILES string of the molecule is C[C@H]1Oc2ccccc2O[C@H]1C(=O)NCc1ccccc1Cn1cccn1. The van der Waals surface area contributed by atoms with Crippen molar-refractivity contribution in [3.05, 3.63) is 78.1 Å². The summed E-state index contributed by atoms with van der Waals surface area (Å²) in [6.45, 7) is 2.92. The normalized spacial score (nSPS) is 18.1. The van der Waals surface area contributed by atoms with E-state index >= 15 is 0 Å². The van der Waals surface area contributed by atoms with Crippen molar-refractivity contribution in [1.82, 2.24) is 15.1 Å². The van der Waals surface area contributed by atoms with E-state index in [2.05, 4.69) is 10.4 Å². The number of hydrogen-bond acceptors (Lipinski definition) is 4. The number of benzene rings is 2. The number of nitrogens with zero attached hydrogens (tertiary/aromatic N) is 2. The Labute approximate surface area is 157 Å². The first-order valence-corrected chi connectivity index (χ1v) is 8.95. The Morgan fingerprint density at radius 2 is 1.74 bits per heavy atom. The number of hydrogen-bond donors (Lipinski definition) is 1. The van der Waals surface area contributed by atoms with Gasteiger partial charge in [0.2, 0.25) is 6.10 Å². The monoisotopic (exact) mass is 363 g/mol. The van der Waals surface area contributed by atoms with Crippen LogP contribution in [0.1, 0.15) is 18.1 Å². The number of fused-ring (bicyclic) bond motifs is 1. The fourth-order valence-electron chi connectivity index (χ4n) is 3.14. The van der Waals surface area contributed by atoms with Crippen LogP contribution in [-0.2, 0) is 17.9 Å². The van der Waals surface area contributed by atoms with Crippen molar-refractivity contribution >= 4 is 5.91 Å². The zero-order valence-corrected chi connectivity index (χ0v) is 15.0. The van der Waals surface area contributed by atoms with Gasteiger partial charge < -0.3 is 14.8 Å². The summed E-state index contributed by atoms with van der Waals surface area (Å²) < 4.78 is 13.5. The number of ether oxygens (including phenoxy) is 2. The Kier molecular flexibility index (Phi) is 4.78. The molecule has 0 unspecified atom stereocenters. The molecule has 0 saturated carbocycles. The fraction of sp³-hybridized carbons (Fsp3) is 0.238. The Bertz CT molecular complexity index is 924. The average Bonchev–Trinajstić information content (AvgIpc) is 3.19. The molecule has 0 saturated heterocycles. The molecule has 2 heterocycles. The van der Waals surface area contributed by atoms with Gasteiger partial charge in [-0.2, -0.15) is 5.10 Å². The van der Waals surface area contributed by atoms with Crippen LogP contribution in [-0.4, -0.2) is 27.9 Å². The van der Waals surface area contributed by atoms with Crippen LogP contribution >= 0.6 is 0 Å². The second kappa shape index (κ2) is 7.53. The Morgan fingerprint density at radius 1 is 1.04 bits per heavy atom. The van der Waals surface area contributed by atoms with Gasteiger partial charge >= 0.3 is 0 Å². The van der Waals surface area contributed by atoms with Gasteiger partial charge in [-0.1, -0.05) is 36.4 Å². The van der Waals surface area contributed by atoms with E-state index in [4.69, 9.17) is 9.47 Å². The second-order valence-corrected chi connectivity index (χ2v) is 6.50. The van der Waals surface area contributed by atoms with E-state index in [0.717, 1.165) is 11.1 Å². The van der Waals surface area contributed by atoms with Crippen molar-refractivity contribution in [3.8, 4) is 11.5 Å². The van der Waals surface area contributed by atoms with Crippen LogP contribution in [0.25, 0.3) is 0 Å². The van der Waals surface area contributed by atoms with Gasteiger partial charge in [0.1, 0.15) is 6.10 Å². The van der Waals surface area contributed by atoms with Crippen LogP contribution in [0.2, 0.25) is 0 Å². The molecule has 0 fully saturated rings. The maximum absolute atomic E-state index is 12.7. The maximum atomic E-state index is 12.7. The Balaban J connectivity index is 1.43. The van der Waals surface area contributed by atoms with Crippen LogP contribution in [0, 0.1) is 0 Å². The molecule has 0 bridgehead atoms. The highest BCUT2D eigenvalue weighted by atomic mass is 16.6. The number of para-hydroxylation sites is 2. The predicted molar refractivity (Wildman–Crippen MR) is 101 cm³/mol. The lowest BCUT2D eigenvalue weighted by molar-refractivity contribution is -0.133. The first-order valence-electron chi connectivity index (χ1n) is 8.95. The first kappa shape index (κ1) is 17.1. The van der Waals surface area contributed by atoms with Gasteiger partial charge in [-0.15, -0.1) is 0 Å². The van der Waals surface area contributed by atoms with E-state index in [1.165, 1.54) is 0 Å². The van der Waals surface area contributed by atoms with Gasteiger partial charge in [0, 0.05) is 18.9 Å². The summed E-state index contributed by atoms with van der Waals surface area (Å²) in [6.07, 6.45) is 2.63. The zero-order chi connectivity index (χ0) is 18.6. The minimum atomic E-state index is -0.682. The van der Waals surface area contributed by atoms with Gasteiger partial charge in [-0.3, -0.25) is 9.48 Å². The second-order valence-electron chi connectivity index (χ2n) is 6.50. The van der Waals surface area contributed by atoms with Gasteiger partial charge in [0.25, 0.3) is 5.91 Å². The van der Waals surface area contributed by atoms with Crippen molar-refractivity contribution in [2.45, 2.75) is 32.2 Å². The predicted octanol–water partition coefficient (Wildman–Crippen LogP) is 2.78. The van der Waals surface area contributed by atoms with Crippen molar-refractivity contribution < 1.29 is 14.3 Å². The molecule has 27 heavy (non-hydrogen) atoms. The molecule has 1 aromatic heterocycles. The Hall–Kier alpha value is -3.28. The molecule has 0 spiro atoms. The zero-order valence-electron chi connectivity index (χ0n) is 15.0. The summed E-state index contributed by atoms with van der Waals surface area (Å²) in [4.78, 5) is 12.7. The van der Waals surface area contributed by atoms with Crippen LogP contribution in [0.5, 0.6) is 11.5 Å². The molecule has 6 nitrogen and oxygen atoms in total. The molecular formula is C21H21N3O3. The lowest BCUT2D eigenvalue weighted by atomic mass is 10.1. The van der Waals surface area contributed by atoms with E-state index in [1.807, 2.05) is 66.3 Å². The molecule has 1 amide bonds. The van der Waals surface area contributed by atoms with Gasteiger partial charge in [0.05, 0.1) is 6.54 Å². The molecule has 1 N–H and O–H groups in total. The minimum Gasteiger partial charge on any atom is -0.482 e. The highest BCUT2D eigenvalue weighted by Gasteiger charge is 2.33. The number of amides is 1. The van der Waals surface area contributed by atoms with Crippen LogP contribution in [0.4, 0.5) is 0 Å². The smallest absolute Gasteiger partial charge is 0.265 e. The van der Waals surface area contributed by atoms with Crippen molar-refractivity contribution in [2.75, 3.05) is 0 Å². The summed E-state index contributed by atoms with van der Waals surface area (Å²) in [6, 6.07) is 17.3. The van der Waals surface area contributed by atoms with Crippen LogP contribution in [0.15, 0.2) is 67.0 Å². The third-order valence-electron chi connectivity index (χ3n) is 4.56. The molecule has 2 atom stereocenters. The molecule has 1 aliphatic heterocycles. The molecule has 138 valence electrons. The first-order chi connectivity index (χ1) is 13.2. The highest BCUT2D eigenvalue weighted by molar-refractivity contribution is 5.82. The third-order valence-corrected chi connectivity index (χ3v) is 4.56. The lowest BCUT2D eigenvalue weighted by Gasteiger charge is -2.31. The number of carbonyl (C=O) groups excluding carboxylic acids is 1. The third kappa shape index (κ3) is 3.79. The van der Waals surface area contributed by atoms with Crippen molar-refractivity contribution in [2.24, 2.45) is 0 Å². The lowest BCUT2D eigenvalue weighted by Crippen LogP contribution is -2.48. The number of aromatic nitrogens is 2. The fourth-order valence-corrected chi connectivity index (χ4v) is 3.14. The summed E-state index contributed by atoms with van der Waals surface area (Å²) in [5.41, 5.74) is 2.16. The highest BCUT2D eigenvalue weighted by Crippen LogP contribution is 2.33. The molecule has 2 aromatic carbocycles. The van der Waals surface area contributed by atoms with E-state index in [-0.39, 0.29) is 12.0 Å². The molecule has 0 radical (unpaired) electrons. The van der Waals surface area contributed by atoms with Gasteiger partial charge in [0.15, 0.2) is 11.5 Å².